The van der Waals surface area contributed by atoms with Crippen molar-refractivity contribution in [2.75, 3.05) is 5.32 Å². The van der Waals surface area contributed by atoms with Crippen LogP contribution in [0, 0.1) is 0 Å². The summed E-state index contributed by atoms with van der Waals surface area (Å²) in [6.45, 7) is 0. The van der Waals surface area contributed by atoms with Gasteiger partial charge >= 0.3 is 6.18 Å². The summed E-state index contributed by atoms with van der Waals surface area (Å²) in [5.41, 5.74) is 1.91. The van der Waals surface area contributed by atoms with Crippen molar-refractivity contribution >= 4 is 11.5 Å². The predicted molar refractivity (Wildman–Crippen MR) is 78.3 cm³/mol. The molecule has 3 aromatic rings. The summed E-state index contributed by atoms with van der Waals surface area (Å²) in [7, 11) is 0. The average molecular weight is 335 g/mol. The fourth-order valence-electron chi connectivity index (χ4n) is 2.95. The molecular weight excluding hydrogens is 323 g/mol. The number of hydrogen-bond donors (Lipinski definition) is 2. The van der Waals surface area contributed by atoms with Gasteiger partial charge in [-0.1, -0.05) is 24.3 Å². The van der Waals surface area contributed by atoms with E-state index in [9.17, 15) is 18.3 Å². The van der Waals surface area contributed by atoms with Crippen molar-refractivity contribution in [3.63, 3.8) is 0 Å². The molecule has 0 fully saturated rings. The quantitative estimate of drug-likeness (QED) is 0.751. The summed E-state index contributed by atoms with van der Waals surface area (Å²) < 4.78 is 39.4. The summed E-state index contributed by atoms with van der Waals surface area (Å²) in [4.78, 5) is 0. The number of aliphatic hydroxyl groups is 1. The Morgan fingerprint density at radius 2 is 1.92 bits per heavy atom. The second-order valence-corrected chi connectivity index (χ2v) is 5.60. The van der Waals surface area contributed by atoms with Crippen molar-refractivity contribution in [1.29, 1.82) is 0 Å². The third kappa shape index (κ3) is 2.37. The number of nitrogens with one attached hydrogen (secondary N) is 1. The molecule has 1 aliphatic rings. The van der Waals surface area contributed by atoms with Gasteiger partial charge in [-0.15, -0.1) is 15.3 Å². The molecule has 0 radical (unpaired) electrons. The summed E-state index contributed by atoms with van der Waals surface area (Å²) in [5, 5.41) is 23.8. The highest BCUT2D eigenvalue weighted by Crippen LogP contribution is 2.34. The molecule has 1 aliphatic carbocycles. The average Bonchev–Trinajstić information content (AvgIpc) is 3.08. The molecule has 2 heterocycles. The Balaban J connectivity index is 1.70. The second-order valence-electron chi connectivity index (χ2n) is 5.60. The van der Waals surface area contributed by atoms with Crippen LogP contribution in [-0.4, -0.2) is 31.0 Å². The normalized spacial score (nSPS) is 20.3. The first-order valence-corrected chi connectivity index (χ1v) is 7.25. The molecule has 6 nitrogen and oxygen atoms in total. The number of nitrogens with zero attached hydrogens (tertiary/aromatic N) is 4. The van der Waals surface area contributed by atoms with E-state index in [1.807, 2.05) is 24.3 Å². The van der Waals surface area contributed by atoms with Crippen molar-refractivity contribution in [3.05, 3.63) is 53.3 Å². The number of halogens is 3. The first kappa shape index (κ1) is 14.9. The van der Waals surface area contributed by atoms with Crippen LogP contribution in [0.5, 0.6) is 0 Å². The Labute approximate surface area is 133 Å². The van der Waals surface area contributed by atoms with Gasteiger partial charge in [0.1, 0.15) is 5.82 Å². The van der Waals surface area contributed by atoms with E-state index in [4.69, 9.17) is 0 Å². The molecule has 2 atom stereocenters. The molecular formula is C15H12F3N5O. The molecule has 2 N–H and O–H groups in total. The third-order valence-corrected chi connectivity index (χ3v) is 4.02. The molecule has 0 amide bonds. The lowest BCUT2D eigenvalue weighted by molar-refractivity contribution is -0.146. The number of aromatic nitrogens is 4. The minimum atomic E-state index is -4.65. The number of anilines is 1. The highest BCUT2D eigenvalue weighted by Gasteiger charge is 2.38. The van der Waals surface area contributed by atoms with E-state index in [0.717, 1.165) is 11.1 Å². The van der Waals surface area contributed by atoms with Crippen LogP contribution in [0.15, 0.2) is 36.4 Å². The van der Waals surface area contributed by atoms with Gasteiger partial charge in [-0.05, 0) is 23.3 Å². The van der Waals surface area contributed by atoms with E-state index in [1.54, 1.807) is 0 Å². The molecule has 124 valence electrons. The molecule has 0 aliphatic heterocycles. The van der Waals surface area contributed by atoms with Crippen LogP contribution in [0.2, 0.25) is 0 Å². The first-order valence-electron chi connectivity index (χ1n) is 7.25. The van der Waals surface area contributed by atoms with E-state index in [2.05, 4.69) is 20.6 Å². The Morgan fingerprint density at radius 3 is 2.71 bits per heavy atom. The van der Waals surface area contributed by atoms with E-state index < -0.39 is 24.1 Å². The van der Waals surface area contributed by atoms with Crippen LogP contribution in [0.1, 0.15) is 23.0 Å². The Bertz CT molecular complexity index is 908. The number of fused-ring (bicyclic) bond motifs is 2. The van der Waals surface area contributed by atoms with Gasteiger partial charge in [0, 0.05) is 6.42 Å². The number of aliphatic hydroxyl groups excluding tert-OH is 1. The summed E-state index contributed by atoms with van der Waals surface area (Å²) in [6.07, 6.45) is -4.84. The maximum atomic E-state index is 12.9. The van der Waals surface area contributed by atoms with E-state index >= 15 is 0 Å². The van der Waals surface area contributed by atoms with Gasteiger partial charge in [0.25, 0.3) is 5.82 Å². The minimum Gasteiger partial charge on any atom is -0.390 e. The molecule has 1 aromatic carbocycles. The topological polar surface area (TPSA) is 75.3 Å². The molecule has 2 aromatic heterocycles. The summed E-state index contributed by atoms with van der Waals surface area (Å²) in [5.74, 6) is -0.984. The van der Waals surface area contributed by atoms with E-state index in [0.29, 0.717) is 10.9 Å². The van der Waals surface area contributed by atoms with Gasteiger partial charge < -0.3 is 10.4 Å². The monoisotopic (exact) mass is 335 g/mol. The molecule has 9 heteroatoms. The highest BCUT2D eigenvalue weighted by molar-refractivity contribution is 5.48. The van der Waals surface area contributed by atoms with Crippen LogP contribution >= 0.6 is 0 Å². The molecule has 0 unspecified atom stereocenters. The predicted octanol–water partition coefficient (Wildman–Crippen LogP) is 2.21. The maximum Gasteiger partial charge on any atom is 0.453 e. The van der Waals surface area contributed by atoms with Crippen LogP contribution < -0.4 is 5.32 Å². The molecule has 4 rings (SSSR count). The van der Waals surface area contributed by atoms with Gasteiger partial charge in [0.15, 0.2) is 5.65 Å². The van der Waals surface area contributed by atoms with Crippen molar-refractivity contribution in [3.8, 4) is 0 Å². The largest absolute Gasteiger partial charge is 0.453 e. The lowest BCUT2D eigenvalue weighted by Crippen LogP contribution is -2.22. The lowest BCUT2D eigenvalue weighted by atomic mass is 10.1. The fraction of sp³-hybridized carbons (Fsp3) is 0.267. The van der Waals surface area contributed by atoms with Gasteiger partial charge in [-0.3, -0.25) is 0 Å². The van der Waals surface area contributed by atoms with Crippen molar-refractivity contribution < 1.29 is 18.3 Å². The fourth-order valence-corrected chi connectivity index (χ4v) is 2.95. The van der Waals surface area contributed by atoms with Gasteiger partial charge in [-0.2, -0.15) is 17.7 Å². The van der Waals surface area contributed by atoms with Crippen LogP contribution in [0.3, 0.4) is 0 Å². The van der Waals surface area contributed by atoms with Gasteiger partial charge in [0.05, 0.1) is 12.1 Å². The van der Waals surface area contributed by atoms with E-state index in [1.165, 1.54) is 12.1 Å². The zero-order chi connectivity index (χ0) is 16.9. The Morgan fingerprint density at radius 1 is 1.12 bits per heavy atom. The molecule has 24 heavy (non-hydrogen) atoms. The number of benzene rings is 1. The van der Waals surface area contributed by atoms with Crippen molar-refractivity contribution in [1.82, 2.24) is 19.8 Å². The number of alkyl halides is 3. The zero-order valence-corrected chi connectivity index (χ0v) is 12.2. The minimum absolute atomic E-state index is 0.000227. The maximum absolute atomic E-state index is 12.9. The van der Waals surface area contributed by atoms with Crippen molar-refractivity contribution in [2.24, 2.45) is 0 Å². The molecule has 0 spiro atoms. The first-order chi connectivity index (χ1) is 11.4. The third-order valence-electron chi connectivity index (χ3n) is 4.02. The SMILES string of the molecule is O[C@H]1Cc2ccccc2[C@H]1Nc1ccc2nnc(C(F)(F)F)n2n1. The number of hydrogen-bond acceptors (Lipinski definition) is 5. The highest BCUT2D eigenvalue weighted by atomic mass is 19.4. The standard InChI is InChI=1S/C15H12F3N5O/c16-15(17,18)14-21-20-12-6-5-11(22-23(12)14)19-13-9-4-2-1-3-8(9)7-10(13)24/h1-6,10,13,24H,7H2,(H,19,22)/t10-,13+/m0/s1. The molecule has 0 bridgehead atoms. The van der Waals surface area contributed by atoms with Crippen LogP contribution in [0.25, 0.3) is 5.65 Å². The molecule has 0 saturated carbocycles. The smallest absolute Gasteiger partial charge is 0.390 e. The zero-order valence-electron chi connectivity index (χ0n) is 12.2. The van der Waals surface area contributed by atoms with Crippen LogP contribution in [0.4, 0.5) is 19.0 Å². The Kier molecular flexibility index (Phi) is 3.20. The number of rotatable bonds is 2. The lowest BCUT2D eigenvalue weighted by Gasteiger charge is -2.18. The van der Waals surface area contributed by atoms with E-state index in [-0.39, 0.29) is 11.5 Å². The Hall–Kier alpha value is -2.68. The molecule has 0 saturated heterocycles. The summed E-state index contributed by atoms with van der Waals surface area (Å²) in [6, 6.07) is 9.99. The van der Waals surface area contributed by atoms with Gasteiger partial charge in [0.2, 0.25) is 0 Å². The van der Waals surface area contributed by atoms with Crippen LogP contribution in [-0.2, 0) is 12.6 Å². The van der Waals surface area contributed by atoms with Crippen molar-refractivity contribution in [2.45, 2.75) is 24.7 Å². The second kappa shape index (κ2) is 5.17. The van der Waals surface area contributed by atoms with Gasteiger partial charge in [-0.25, -0.2) is 0 Å². The summed E-state index contributed by atoms with van der Waals surface area (Å²) >= 11 is 0.